The van der Waals surface area contributed by atoms with E-state index in [9.17, 15) is 4.79 Å². The molecule has 0 N–H and O–H groups in total. The summed E-state index contributed by atoms with van der Waals surface area (Å²) in [5.74, 6) is 0.325. The van der Waals surface area contributed by atoms with Gasteiger partial charge >= 0.3 is 0 Å². The Morgan fingerprint density at radius 1 is 1.14 bits per heavy atom. The Morgan fingerprint density at radius 2 is 1.86 bits per heavy atom. The van der Waals surface area contributed by atoms with Crippen molar-refractivity contribution in [2.24, 2.45) is 0 Å². The average Bonchev–Trinajstić information content (AvgIpc) is 2.56. The van der Waals surface area contributed by atoms with Gasteiger partial charge in [-0.15, -0.1) is 0 Å². The maximum atomic E-state index is 11.4. The van der Waals surface area contributed by atoms with Crippen LogP contribution in [0.25, 0.3) is 6.08 Å². The highest BCUT2D eigenvalue weighted by atomic mass is 16.1. The average molecular weight is 186 g/mol. The van der Waals surface area contributed by atoms with E-state index in [1.807, 2.05) is 6.08 Å². The fraction of sp³-hybridized carbons (Fsp3) is 0.308. The van der Waals surface area contributed by atoms with Crippen LogP contribution < -0.4 is 0 Å². The second kappa shape index (κ2) is 3.79. The van der Waals surface area contributed by atoms with E-state index in [0.29, 0.717) is 5.78 Å². The predicted molar refractivity (Wildman–Crippen MR) is 58.0 cm³/mol. The first-order valence-corrected chi connectivity index (χ1v) is 5.06. The van der Waals surface area contributed by atoms with E-state index in [2.05, 4.69) is 31.2 Å². The topological polar surface area (TPSA) is 17.1 Å². The van der Waals surface area contributed by atoms with Gasteiger partial charge in [0.1, 0.15) is 0 Å². The Labute approximate surface area is 84.5 Å². The molecule has 0 aliphatic heterocycles. The molecule has 0 unspecified atom stereocenters. The van der Waals surface area contributed by atoms with Gasteiger partial charge < -0.3 is 0 Å². The molecular formula is C13H14O. The molecule has 0 amide bonds. The summed E-state index contributed by atoms with van der Waals surface area (Å²) in [6, 6.07) is 8.28. The molecule has 1 aromatic carbocycles. The molecule has 0 aromatic heterocycles. The predicted octanol–water partition coefficient (Wildman–Crippen LogP) is 3.13. The highest BCUT2D eigenvalue weighted by molar-refractivity contribution is 6.01. The molecule has 0 saturated heterocycles. The molecule has 1 fully saturated rings. The van der Waals surface area contributed by atoms with E-state index < -0.39 is 0 Å². The Morgan fingerprint density at radius 3 is 2.43 bits per heavy atom. The lowest BCUT2D eigenvalue weighted by Gasteiger charge is -1.97. The van der Waals surface area contributed by atoms with Crippen molar-refractivity contribution in [3.63, 3.8) is 0 Å². The smallest absolute Gasteiger partial charge is 0.158 e. The first-order chi connectivity index (χ1) is 6.75. The van der Waals surface area contributed by atoms with Gasteiger partial charge in [-0.1, -0.05) is 29.8 Å². The number of rotatable bonds is 1. The summed E-state index contributed by atoms with van der Waals surface area (Å²) in [7, 11) is 0. The molecule has 0 spiro atoms. The number of carbonyl (C=O) groups is 1. The number of ketones is 1. The zero-order chi connectivity index (χ0) is 9.97. The number of hydrogen-bond donors (Lipinski definition) is 0. The molecule has 1 heteroatoms. The largest absolute Gasteiger partial charge is 0.295 e. The van der Waals surface area contributed by atoms with Crippen LogP contribution in [0.2, 0.25) is 0 Å². The summed E-state index contributed by atoms with van der Waals surface area (Å²) < 4.78 is 0. The van der Waals surface area contributed by atoms with E-state index >= 15 is 0 Å². The minimum absolute atomic E-state index is 0.325. The SMILES string of the molecule is Cc1ccc(C=C2CCCC2=O)cc1. The Balaban J connectivity index is 2.24. The van der Waals surface area contributed by atoms with Crippen molar-refractivity contribution in [2.45, 2.75) is 26.2 Å². The molecule has 1 aliphatic rings. The third-order valence-electron chi connectivity index (χ3n) is 2.63. The Hall–Kier alpha value is -1.37. The third-order valence-corrected chi connectivity index (χ3v) is 2.63. The van der Waals surface area contributed by atoms with Crippen LogP contribution in [0.15, 0.2) is 29.8 Å². The minimum atomic E-state index is 0.325. The van der Waals surface area contributed by atoms with E-state index in [1.165, 1.54) is 5.56 Å². The number of aryl methyl sites for hydroxylation is 1. The van der Waals surface area contributed by atoms with Crippen LogP contribution in [-0.2, 0) is 4.79 Å². The lowest BCUT2D eigenvalue weighted by Crippen LogP contribution is -1.90. The molecule has 1 aliphatic carbocycles. The number of hydrogen-bond acceptors (Lipinski definition) is 1. The summed E-state index contributed by atoms with van der Waals surface area (Å²) in [4.78, 5) is 11.4. The van der Waals surface area contributed by atoms with Gasteiger partial charge in [0.05, 0.1) is 0 Å². The fourth-order valence-electron chi connectivity index (χ4n) is 1.76. The van der Waals surface area contributed by atoms with Gasteiger partial charge in [-0.25, -0.2) is 0 Å². The summed E-state index contributed by atoms with van der Waals surface area (Å²) in [5.41, 5.74) is 3.39. The minimum Gasteiger partial charge on any atom is -0.295 e. The molecule has 0 heterocycles. The molecule has 0 atom stereocenters. The first kappa shape index (κ1) is 9.20. The van der Waals surface area contributed by atoms with Crippen LogP contribution >= 0.6 is 0 Å². The summed E-state index contributed by atoms with van der Waals surface area (Å²) in [6.45, 7) is 2.07. The van der Waals surface area contributed by atoms with Crippen LogP contribution in [-0.4, -0.2) is 5.78 Å². The van der Waals surface area contributed by atoms with Gasteiger partial charge in [0, 0.05) is 6.42 Å². The fourth-order valence-corrected chi connectivity index (χ4v) is 1.76. The number of carbonyl (C=O) groups excluding carboxylic acids is 1. The molecular weight excluding hydrogens is 172 g/mol. The number of Topliss-reactive ketones (excluding diaryl/α,β-unsaturated/α-hetero) is 1. The van der Waals surface area contributed by atoms with Crippen molar-refractivity contribution in [2.75, 3.05) is 0 Å². The number of benzene rings is 1. The van der Waals surface area contributed by atoms with Crippen LogP contribution in [0.5, 0.6) is 0 Å². The molecule has 2 rings (SSSR count). The van der Waals surface area contributed by atoms with Gasteiger partial charge in [-0.3, -0.25) is 4.79 Å². The summed E-state index contributed by atoms with van der Waals surface area (Å²) in [6.07, 6.45) is 4.73. The molecule has 0 bridgehead atoms. The zero-order valence-electron chi connectivity index (χ0n) is 8.42. The van der Waals surface area contributed by atoms with Gasteiger partial charge in [-0.05, 0) is 37.0 Å². The highest BCUT2D eigenvalue weighted by Crippen LogP contribution is 2.22. The van der Waals surface area contributed by atoms with Gasteiger partial charge in [0.15, 0.2) is 5.78 Å². The van der Waals surface area contributed by atoms with Crippen LogP contribution in [0.1, 0.15) is 30.4 Å². The lowest BCUT2D eigenvalue weighted by atomic mass is 10.1. The Bertz CT molecular complexity index is 371. The third kappa shape index (κ3) is 1.92. The standard InChI is InChI=1S/C13H14O/c1-10-5-7-11(8-6-10)9-12-3-2-4-13(12)14/h5-9H,2-4H2,1H3. The Kier molecular flexibility index (Phi) is 2.49. The van der Waals surface area contributed by atoms with Gasteiger partial charge in [0.2, 0.25) is 0 Å². The lowest BCUT2D eigenvalue weighted by molar-refractivity contribution is -0.114. The van der Waals surface area contributed by atoms with E-state index in [-0.39, 0.29) is 0 Å². The van der Waals surface area contributed by atoms with E-state index in [1.54, 1.807) is 0 Å². The summed E-state index contributed by atoms with van der Waals surface area (Å²) in [5, 5.41) is 0. The first-order valence-electron chi connectivity index (χ1n) is 5.06. The van der Waals surface area contributed by atoms with Crippen molar-refractivity contribution in [1.82, 2.24) is 0 Å². The maximum Gasteiger partial charge on any atom is 0.158 e. The zero-order valence-corrected chi connectivity index (χ0v) is 8.42. The maximum absolute atomic E-state index is 11.4. The second-order valence-electron chi connectivity index (χ2n) is 3.86. The van der Waals surface area contributed by atoms with Crippen LogP contribution in [0, 0.1) is 6.92 Å². The van der Waals surface area contributed by atoms with Crippen molar-refractivity contribution in [3.05, 3.63) is 41.0 Å². The van der Waals surface area contributed by atoms with Gasteiger partial charge in [0.25, 0.3) is 0 Å². The van der Waals surface area contributed by atoms with Crippen LogP contribution in [0.4, 0.5) is 0 Å². The normalized spacial score (nSPS) is 19.2. The number of allylic oxidation sites excluding steroid dienone is 1. The van der Waals surface area contributed by atoms with Gasteiger partial charge in [-0.2, -0.15) is 0 Å². The van der Waals surface area contributed by atoms with Crippen molar-refractivity contribution < 1.29 is 4.79 Å². The molecule has 1 saturated carbocycles. The second-order valence-corrected chi connectivity index (χ2v) is 3.86. The molecule has 1 nitrogen and oxygen atoms in total. The molecule has 14 heavy (non-hydrogen) atoms. The van der Waals surface area contributed by atoms with Crippen molar-refractivity contribution in [1.29, 1.82) is 0 Å². The van der Waals surface area contributed by atoms with Crippen LogP contribution in [0.3, 0.4) is 0 Å². The summed E-state index contributed by atoms with van der Waals surface area (Å²) >= 11 is 0. The molecule has 72 valence electrons. The van der Waals surface area contributed by atoms with Crippen molar-refractivity contribution >= 4 is 11.9 Å². The monoisotopic (exact) mass is 186 g/mol. The van der Waals surface area contributed by atoms with Crippen molar-refractivity contribution in [3.8, 4) is 0 Å². The molecule has 0 radical (unpaired) electrons. The van der Waals surface area contributed by atoms with E-state index in [0.717, 1.165) is 30.4 Å². The quantitative estimate of drug-likeness (QED) is 0.616. The van der Waals surface area contributed by atoms with E-state index in [4.69, 9.17) is 0 Å². The molecule has 1 aromatic rings. The highest BCUT2D eigenvalue weighted by Gasteiger charge is 2.16.